The summed E-state index contributed by atoms with van der Waals surface area (Å²) in [6.45, 7) is 13.2. The van der Waals surface area contributed by atoms with Crippen molar-refractivity contribution in [1.82, 2.24) is 14.9 Å². The molecule has 0 aromatic carbocycles. The van der Waals surface area contributed by atoms with Gasteiger partial charge in [0, 0.05) is 24.3 Å². The summed E-state index contributed by atoms with van der Waals surface area (Å²) in [7, 11) is 0. The Balaban J connectivity index is 2.69. The molecule has 0 fully saturated rings. The van der Waals surface area contributed by atoms with Crippen molar-refractivity contribution in [1.29, 1.82) is 0 Å². The fourth-order valence-electron chi connectivity index (χ4n) is 1.30. The van der Waals surface area contributed by atoms with Crippen molar-refractivity contribution < 1.29 is 0 Å². The number of imidazole rings is 1. The zero-order chi connectivity index (χ0) is 11.5. The van der Waals surface area contributed by atoms with Crippen LogP contribution in [-0.4, -0.2) is 15.1 Å². The fourth-order valence-corrected chi connectivity index (χ4v) is 1.30. The van der Waals surface area contributed by atoms with E-state index < -0.39 is 0 Å². The molecule has 0 aliphatic rings. The minimum Gasteiger partial charge on any atom is -0.327 e. The van der Waals surface area contributed by atoms with Crippen molar-refractivity contribution in [3.05, 3.63) is 30.9 Å². The van der Waals surface area contributed by atoms with Crippen LogP contribution < -0.4 is 5.32 Å². The lowest BCUT2D eigenvalue weighted by Crippen LogP contribution is -2.35. The first kappa shape index (κ1) is 12.0. The van der Waals surface area contributed by atoms with E-state index in [1.165, 1.54) is 5.69 Å². The van der Waals surface area contributed by atoms with Crippen LogP contribution in [-0.2, 0) is 6.54 Å². The van der Waals surface area contributed by atoms with Crippen molar-refractivity contribution in [2.24, 2.45) is 0 Å². The molecular formula is C12H21N3. The van der Waals surface area contributed by atoms with Crippen LogP contribution >= 0.6 is 0 Å². The van der Waals surface area contributed by atoms with Gasteiger partial charge >= 0.3 is 0 Å². The summed E-state index contributed by atoms with van der Waals surface area (Å²) >= 11 is 0. The molecule has 84 valence electrons. The maximum absolute atomic E-state index is 4.17. The Kier molecular flexibility index (Phi) is 3.69. The molecule has 15 heavy (non-hydrogen) atoms. The molecule has 3 heteroatoms. The minimum atomic E-state index is 0.131. The lowest BCUT2D eigenvalue weighted by atomic mass is 10.1. The Morgan fingerprint density at radius 1 is 1.60 bits per heavy atom. The van der Waals surface area contributed by atoms with Gasteiger partial charge in [-0.25, -0.2) is 4.98 Å². The second-order valence-electron chi connectivity index (χ2n) is 4.87. The largest absolute Gasteiger partial charge is 0.327 e. The van der Waals surface area contributed by atoms with E-state index in [1.54, 1.807) is 0 Å². The molecule has 0 spiro atoms. The fraction of sp³-hybridized carbons (Fsp3) is 0.583. The second kappa shape index (κ2) is 4.62. The number of nitrogens with zero attached hydrogens (tertiary/aromatic N) is 2. The molecule has 0 bridgehead atoms. The molecule has 1 aromatic heterocycles. The summed E-state index contributed by atoms with van der Waals surface area (Å²) < 4.78 is 2.13. The van der Waals surface area contributed by atoms with E-state index in [4.69, 9.17) is 0 Å². The van der Waals surface area contributed by atoms with Crippen LogP contribution in [0.25, 0.3) is 0 Å². The van der Waals surface area contributed by atoms with Gasteiger partial charge in [0.15, 0.2) is 0 Å². The standard InChI is InChI=1S/C12H21N3/c1-6-10(2)15-9-13-7-11(15)8-14-12(3,4)5/h6-7,9-10,14H,1,8H2,2-5H3. The monoisotopic (exact) mass is 207 g/mol. The molecule has 0 aliphatic carbocycles. The Morgan fingerprint density at radius 3 is 2.80 bits per heavy atom. The third kappa shape index (κ3) is 3.51. The van der Waals surface area contributed by atoms with E-state index in [2.05, 4.69) is 49.1 Å². The summed E-state index contributed by atoms with van der Waals surface area (Å²) in [5, 5.41) is 3.45. The average molecular weight is 207 g/mol. The molecule has 1 heterocycles. The first-order valence-electron chi connectivity index (χ1n) is 5.32. The minimum absolute atomic E-state index is 0.131. The molecule has 1 N–H and O–H groups in total. The van der Waals surface area contributed by atoms with Gasteiger partial charge in [0.1, 0.15) is 0 Å². The van der Waals surface area contributed by atoms with Gasteiger partial charge in [0.2, 0.25) is 0 Å². The number of aromatic nitrogens is 2. The van der Waals surface area contributed by atoms with Crippen LogP contribution in [0.3, 0.4) is 0 Å². The Bertz CT molecular complexity index is 320. The van der Waals surface area contributed by atoms with Crippen LogP contribution in [0.15, 0.2) is 25.2 Å². The molecule has 0 saturated carbocycles. The van der Waals surface area contributed by atoms with Crippen LogP contribution in [0, 0.1) is 0 Å². The van der Waals surface area contributed by atoms with Crippen LogP contribution in [0.4, 0.5) is 0 Å². The zero-order valence-electron chi connectivity index (χ0n) is 10.1. The van der Waals surface area contributed by atoms with Gasteiger partial charge in [-0.05, 0) is 27.7 Å². The first-order chi connectivity index (χ1) is 6.94. The van der Waals surface area contributed by atoms with Gasteiger partial charge < -0.3 is 9.88 Å². The number of rotatable bonds is 4. The first-order valence-corrected chi connectivity index (χ1v) is 5.32. The lowest BCUT2D eigenvalue weighted by Gasteiger charge is -2.21. The highest BCUT2D eigenvalue weighted by Gasteiger charge is 2.11. The van der Waals surface area contributed by atoms with Crippen molar-refractivity contribution in [2.45, 2.75) is 45.8 Å². The number of hydrogen-bond donors (Lipinski definition) is 1. The highest BCUT2D eigenvalue weighted by atomic mass is 15.1. The molecule has 1 rings (SSSR count). The summed E-state index contributed by atoms with van der Waals surface area (Å²) in [6, 6.07) is 0.296. The van der Waals surface area contributed by atoms with E-state index in [-0.39, 0.29) is 5.54 Å². The van der Waals surface area contributed by atoms with Crippen molar-refractivity contribution in [2.75, 3.05) is 0 Å². The SMILES string of the molecule is C=CC(C)n1cncc1CNC(C)(C)C. The number of nitrogens with one attached hydrogen (secondary N) is 1. The molecule has 1 atom stereocenters. The molecule has 1 aromatic rings. The van der Waals surface area contributed by atoms with Gasteiger partial charge in [0.05, 0.1) is 12.0 Å². The molecule has 3 nitrogen and oxygen atoms in total. The third-order valence-electron chi connectivity index (χ3n) is 2.33. The van der Waals surface area contributed by atoms with Gasteiger partial charge in [-0.15, -0.1) is 6.58 Å². The molecule has 0 saturated heterocycles. The predicted molar refractivity (Wildman–Crippen MR) is 63.7 cm³/mol. The van der Waals surface area contributed by atoms with Crippen molar-refractivity contribution in [3.8, 4) is 0 Å². The van der Waals surface area contributed by atoms with Crippen LogP contribution in [0.1, 0.15) is 39.4 Å². The van der Waals surface area contributed by atoms with Crippen LogP contribution in [0.2, 0.25) is 0 Å². The number of hydrogen-bond acceptors (Lipinski definition) is 2. The van der Waals surface area contributed by atoms with E-state index in [0.717, 1.165) is 6.54 Å². The van der Waals surface area contributed by atoms with Crippen molar-refractivity contribution in [3.63, 3.8) is 0 Å². The third-order valence-corrected chi connectivity index (χ3v) is 2.33. The maximum Gasteiger partial charge on any atom is 0.0954 e. The summed E-state index contributed by atoms with van der Waals surface area (Å²) in [5.41, 5.74) is 1.32. The zero-order valence-corrected chi connectivity index (χ0v) is 10.1. The van der Waals surface area contributed by atoms with Gasteiger partial charge in [-0.1, -0.05) is 6.08 Å². The Morgan fingerprint density at radius 2 is 2.27 bits per heavy atom. The van der Waals surface area contributed by atoms with E-state index >= 15 is 0 Å². The normalized spacial score (nSPS) is 13.9. The van der Waals surface area contributed by atoms with E-state index in [1.807, 2.05) is 18.6 Å². The maximum atomic E-state index is 4.17. The molecule has 0 amide bonds. The van der Waals surface area contributed by atoms with E-state index in [9.17, 15) is 0 Å². The molecule has 0 radical (unpaired) electrons. The summed E-state index contributed by atoms with van der Waals surface area (Å²) in [6.07, 6.45) is 5.67. The molecular weight excluding hydrogens is 186 g/mol. The van der Waals surface area contributed by atoms with Gasteiger partial charge in [0.25, 0.3) is 0 Å². The topological polar surface area (TPSA) is 29.9 Å². The predicted octanol–water partition coefficient (Wildman–Crippen LogP) is 2.52. The van der Waals surface area contributed by atoms with Crippen molar-refractivity contribution >= 4 is 0 Å². The average Bonchev–Trinajstić information content (AvgIpc) is 2.60. The van der Waals surface area contributed by atoms with Gasteiger partial charge in [-0.3, -0.25) is 0 Å². The highest BCUT2D eigenvalue weighted by molar-refractivity contribution is 5.03. The summed E-state index contributed by atoms with van der Waals surface area (Å²) in [4.78, 5) is 4.17. The molecule has 1 unspecified atom stereocenters. The smallest absolute Gasteiger partial charge is 0.0954 e. The Hall–Kier alpha value is -1.09. The Labute approximate surface area is 92.2 Å². The lowest BCUT2D eigenvalue weighted by molar-refractivity contribution is 0.414. The van der Waals surface area contributed by atoms with Crippen LogP contribution in [0.5, 0.6) is 0 Å². The quantitative estimate of drug-likeness (QED) is 0.769. The second-order valence-corrected chi connectivity index (χ2v) is 4.87. The summed E-state index contributed by atoms with van der Waals surface area (Å²) in [5.74, 6) is 0. The number of allylic oxidation sites excluding steroid dienone is 1. The van der Waals surface area contributed by atoms with E-state index in [0.29, 0.717) is 6.04 Å². The molecule has 0 aliphatic heterocycles. The highest BCUT2D eigenvalue weighted by Crippen LogP contribution is 2.11. The van der Waals surface area contributed by atoms with Gasteiger partial charge in [-0.2, -0.15) is 0 Å².